The van der Waals surface area contributed by atoms with E-state index in [-0.39, 0.29) is 24.9 Å². The van der Waals surface area contributed by atoms with E-state index in [2.05, 4.69) is 5.32 Å². The topological polar surface area (TPSA) is 69.6 Å². The van der Waals surface area contributed by atoms with Gasteiger partial charge in [0.25, 0.3) is 0 Å². The van der Waals surface area contributed by atoms with Crippen LogP contribution in [0.25, 0.3) is 0 Å². The number of aliphatic carboxylic acids is 1. The summed E-state index contributed by atoms with van der Waals surface area (Å²) in [6.45, 7) is 6.03. The zero-order valence-electron chi connectivity index (χ0n) is 12.2. The standard InChI is InChI=1S/C15H22N2O3/c1-11(2)16-14(18)8-9-17(10-15(19)20)13-6-4-12(3)5-7-13/h4-7,11H,8-10H2,1-3H3,(H,16,18)(H,19,20). The van der Waals surface area contributed by atoms with Crippen LogP contribution >= 0.6 is 0 Å². The van der Waals surface area contributed by atoms with Gasteiger partial charge in [0, 0.05) is 24.7 Å². The molecule has 2 N–H and O–H groups in total. The van der Waals surface area contributed by atoms with Gasteiger partial charge in [0.05, 0.1) is 0 Å². The second-order valence-electron chi connectivity index (χ2n) is 5.12. The number of hydrogen-bond acceptors (Lipinski definition) is 3. The Morgan fingerprint density at radius 1 is 1.25 bits per heavy atom. The summed E-state index contributed by atoms with van der Waals surface area (Å²) in [5.41, 5.74) is 1.93. The first-order valence-electron chi connectivity index (χ1n) is 6.71. The summed E-state index contributed by atoms with van der Waals surface area (Å²) < 4.78 is 0. The molecule has 1 rings (SSSR count). The van der Waals surface area contributed by atoms with Crippen LogP contribution < -0.4 is 10.2 Å². The van der Waals surface area contributed by atoms with Crippen LogP contribution in [0.3, 0.4) is 0 Å². The van der Waals surface area contributed by atoms with Crippen LogP contribution in [0.2, 0.25) is 0 Å². The second-order valence-corrected chi connectivity index (χ2v) is 5.12. The average molecular weight is 278 g/mol. The molecule has 0 aliphatic rings. The lowest BCUT2D eigenvalue weighted by molar-refractivity contribution is -0.135. The molecule has 0 radical (unpaired) electrons. The number of anilines is 1. The van der Waals surface area contributed by atoms with Gasteiger partial charge in [0.1, 0.15) is 6.54 Å². The number of carbonyl (C=O) groups is 2. The number of amides is 1. The summed E-state index contributed by atoms with van der Waals surface area (Å²) in [6, 6.07) is 7.70. The molecular weight excluding hydrogens is 256 g/mol. The molecule has 0 aromatic heterocycles. The summed E-state index contributed by atoms with van der Waals surface area (Å²) >= 11 is 0. The molecule has 20 heavy (non-hydrogen) atoms. The highest BCUT2D eigenvalue weighted by atomic mass is 16.4. The molecule has 5 heteroatoms. The average Bonchev–Trinajstić information content (AvgIpc) is 2.34. The molecule has 1 aromatic carbocycles. The van der Waals surface area contributed by atoms with Crippen LogP contribution in [0, 0.1) is 6.92 Å². The van der Waals surface area contributed by atoms with Crippen molar-refractivity contribution in [3.63, 3.8) is 0 Å². The van der Waals surface area contributed by atoms with Crippen molar-refractivity contribution in [1.29, 1.82) is 0 Å². The highest BCUT2D eigenvalue weighted by Crippen LogP contribution is 2.15. The molecule has 0 fully saturated rings. The largest absolute Gasteiger partial charge is 0.480 e. The fourth-order valence-corrected chi connectivity index (χ4v) is 1.85. The van der Waals surface area contributed by atoms with Crippen LogP contribution in [0.1, 0.15) is 25.8 Å². The molecule has 0 heterocycles. The molecule has 0 aliphatic heterocycles. The summed E-state index contributed by atoms with van der Waals surface area (Å²) in [5.74, 6) is -0.975. The number of hydrogen-bond donors (Lipinski definition) is 2. The van der Waals surface area contributed by atoms with Crippen LogP contribution in [0.5, 0.6) is 0 Å². The van der Waals surface area contributed by atoms with Gasteiger partial charge in [-0.25, -0.2) is 0 Å². The minimum Gasteiger partial charge on any atom is -0.480 e. The number of aryl methyl sites for hydroxylation is 1. The summed E-state index contributed by atoms with van der Waals surface area (Å²) in [5, 5.41) is 11.8. The maximum Gasteiger partial charge on any atom is 0.323 e. The van der Waals surface area contributed by atoms with Crippen LogP contribution in [-0.4, -0.2) is 36.1 Å². The van der Waals surface area contributed by atoms with Gasteiger partial charge in [-0.3, -0.25) is 9.59 Å². The van der Waals surface area contributed by atoms with Crippen molar-refractivity contribution in [3.05, 3.63) is 29.8 Å². The number of carbonyl (C=O) groups excluding carboxylic acids is 1. The van der Waals surface area contributed by atoms with Crippen LogP contribution in [0.15, 0.2) is 24.3 Å². The van der Waals surface area contributed by atoms with E-state index in [9.17, 15) is 9.59 Å². The monoisotopic (exact) mass is 278 g/mol. The number of nitrogens with zero attached hydrogens (tertiary/aromatic N) is 1. The van der Waals surface area contributed by atoms with Gasteiger partial charge in [-0.1, -0.05) is 17.7 Å². The molecule has 0 aliphatic carbocycles. The van der Waals surface area contributed by atoms with Gasteiger partial charge < -0.3 is 15.3 Å². The van der Waals surface area contributed by atoms with E-state index < -0.39 is 5.97 Å². The van der Waals surface area contributed by atoms with E-state index in [1.807, 2.05) is 45.0 Å². The van der Waals surface area contributed by atoms with Gasteiger partial charge in [0.2, 0.25) is 5.91 Å². The number of rotatable bonds is 7. The van der Waals surface area contributed by atoms with Crippen LogP contribution in [-0.2, 0) is 9.59 Å². The van der Waals surface area contributed by atoms with Crippen molar-refractivity contribution in [1.82, 2.24) is 5.32 Å². The highest BCUT2D eigenvalue weighted by molar-refractivity contribution is 5.78. The lowest BCUT2D eigenvalue weighted by atomic mass is 10.2. The Kier molecular flexibility index (Phi) is 6.03. The molecule has 0 atom stereocenters. The third kappa shape index (κ3) is 5.73. The lowest BCUT2D eigenvalue weighted by Gasteiger charge is -2.23. The van der Waals surface area contributed by atoms with E-state index in [1.54, 1.807) is 4.90 Å². The summed E-state index contributed by atoms with van der Waals surface area (Å²) in [7, 11) is 0. The quantitative estimate of drug-likeness (QED) is 0.798. The number of nitrogens with one attached hydrogen (secondary N) is 1. The third-order valence-electron chi connectivity index (χ3n) is 2.78. The fraction of sp³-hybridized carbons (Fsp3) is 0.467. The predicted molar refractivity (Wildman–Crippen MR) is 78.9 cm³/mol. The highest BCUT2D eigenvalue weighted by Gasteiger charge is 2.13. The molecule has 1 aromatic rings. The van der Waals surface area contributed by atoms with E-state index >= 15 is 0 Å². The summed E-state index contributed by atoms with van der Waals surface area (Å²) in [6.07, 6.45) is 0.277. The minimum absolute atomic E-state index is 0.0671. The van der Waals surface area contributed by atoms with Gasteiger partial charge in [-0.05, 0) is 32.9 Å². The first-order chi connectivity index (χ1) is 9.38. The van der Waals surface area contributed by atoms with E-state index in [0.717, 1.165) is 11.3 Å². The second kappa shape index (κ2) is 7.53. The molecule has 5 nitrogen and oxygen atoms in total. The maximum absolute atomic E-state index is 11.6. The molecule has 0 spiro atoms. The smallest absolute Gasteiger partial charge is 0.323 e. The SMILES string of the molecule is Cc1ccc(N(CCC(=O)NC(C)C)CC(=O)O)cc1. The zero-order valence-corrected chi connectivity index (χ0v) is 12.2. The molecule has 0 saturated heterocycles. The lowest BCUT2D eigenvalue weighted by Crippen LogP contribution is -2.36. The minimum atomic E-state index is -0.908. The zero-order chi connectivity index (χ0) is 15.1. The first kappa shape index (κ1) is 16.0. The number of carboxylic acid groups (broad SMARTS) is 1. The molecule has 110 valence electrons. The van der Waals surface area contributed by atoms with Crippen molar-refractivity contribution in [2.75, 3.05) is 18.0 Å². The molecular formula is C15H22N2O3. The van der Waals surface area contributed by atoms with E-state index in [4.69, 9.17) is 5.11 Å². The van der Waals surface area contributed by atoms with Crippen molar-refractivity contribution >= 4 is 17.6 Å². The summed E-state index contributed by atoms with van der Waals surface area (Å²) in [4.78, 5) is 24.3. The number of benzene rings is 1. The third-order valence-corrected chi connectivity index (χ3v) is 2.78. The molecule has 0 bridgehead atoms. The van der Waals surface area contributed by atoms with Gasteiger partial charge in [0.15, 0.2) is 0 Å². The normalized spacial score (nSPS) is 10.4. The Bertz CT molecular complexity index is 455. The molecule has 1 amide bonds. The Hall–Kier alpha value is -2.04. The van der Waals surface area contributed by atoms with Crippen molar-refractivity contribution in [3.8, 4) is 0 Å². The van der Waals surface area contributed by atoms with E-state index in [1.165, 1.54) is 0 Å². The van der Waals surface area contributed by atoms with Crippen LogP contribution in [0.4, 0.5) is 5.69 Å². The molecule has 0 unspecified atom stereocenters. The fourth-order valence-electron chi connectivity index (χ4n) is 1.85. The Morgan fingerprint density at radius 3 is 2.35 bits per heavy atom. The Labute approximate surface area is 119 Å². The van der Waals surface area contributed by atoms with Gasteiger partial charge >= 0.3 is 5.97 Å². The van der Waals surface area contributed by atoms with Gasteiger partial charge in [-0.15, -0.1) is 0 Å². The molecule has 0 saturated carbocycles. The number of carboxylic acids is 1. The first-order valence-corrected chi connectivity index (χ1v) is 6.71. The Morgan fingerprint density at radius 2 is 1.85 bits per heavy atom. The van der Waals surface area contributed by atoms with Crippen molar-refractivity contribution in [2.24, 2.45) is 0 Å². The predicted octanol–water partition coefficient (Wildman–Crippen LogP) is 1.80. The van der Waals surface area contributed by atoms with Crippen molar-refractivity contribution < 1.29 is 14.7 Å². The maximum atomic E-state index is 11.6. The van der Waals surface area contributed by atoms with Crippen molar-refractivity contribution in [2.45, 2.75) is 33.2 Å². The van der Waals surface area contributed by atoms with Gasteiger partial charge in [-0.2, -0.15) is 0 Å². The van der Waals surface area contributed by atoms with E-state index in [0.29, 0.717) is 6.54 Å². The Balaban J connectivity index is 2.67.